The van der Waals surface area contributed by atoms with Gasteiger partial charge in [-0.15, -0.1) is 0 Å². The highest BCUT2D eigenvalue weighted by Gasteiger charge is 2.24. The average Bonchev–Trinajstić information content (AvgIpc) is 2.65. The van der Waals surface area contributed by atoms with Crippen molar-refractivity contribution in [1.82, 2.24) is 14.9 Å². The molecule has 2 heterocycles. The largest absolute Gasteiger partial charge is 0.368 e. The monoisotopic (exact) mass is 367 g/mol. The first-order chi connectivity index (χ1) is 12.9. The van der Waals surface area contributed by atoms with Gasteiger partial charge in [0.15, 0.2) is 0 Å². The van der Waals surface area contributed by atoms with E-state index >= 15 is 0 Å². The van der Waals surface area contributed by atoms with Crippen molar-refractivity contribution in [3.8, 4) is 0 Å². The zero-order valence-electron chi connectivity index (χ0n) is 16.7. The van der Waals surface area contributed by atoms with Crippen molar-refractivity contribution in [3.63, 3.8) is 0 Å². The van der Waals surface area contributed by atoms with Crippen molar-refractivity contribution in [2.24, 2.45) is 5.92 Å². The summed E-state index contributed by atoms with van der Waals surface area (Å²) in [5.74, 6) is 1.01. The highest BCUT2D eigenvalue weighted by molar-refractivity contribution is 5.92. The van der Waals surface area contributed by atoms with E-state index in [-0.39, 0.29) is 5.91 Å². The van der Waals surface area contributed by atoms with Crippen LogP contribution in [0.25, 0.3) is 0 Å². The fourth-order valence-electron chi connectivity index (χ4n) is 3.21. The van der Waals surface area contributed by atoms with Crippen LogP contribution < -0.4 is 10.2 Å². The molecule has 0 radical (unpaired) electrons. The van der Waals surface area contributed by atoms with Crippen LogP contribution in [-0.2, 0) is 0 Å². The van der Waals surface area contributed by atoms with Gasteiger partial charge in [-0.05, 0) is 43.5 Å². The van der Waals surface area contributed by atoms with E-state index < -0.39 is 0 Å². The third-order valence-corrected chi connectivity index (χ3v) is 4.68. The van der Waals surface area contributed by atoms with E-state index in [1.54, 1.807) is 6.07 Å². The summed E-state index contributed by atoms with van der Waals surface area (Å²) < 4.78 is 0. The molecule has 6 heteroatoms. The van der Waals surface area contributed by atoms with Crippen LogP contribution in [0.3, 0.4) is 0 Å². The molecule has 1 N–H and O–H groups in total. The van der Waals surface area contributed by atoms with E-state index in [0.717, 1.165) is 25.3 Å². The first-order valence-electron chi connectivity index (χ1n) is 9.63. The van der Waals surface area contributed by atoms with Gasteiger partial charge in [0.1, 0.15) is 5.69 Å². The molecule has 0 aliphatic carbocycles. The minimum Gasteiger partial charge on any atom is -0.368 e. The van der Waals surface area contributed by atoms with Crippen molar-refractivity contribution >= 4 is 17.5 Å². The fourth-order valence-corrected chi connectivity index (χ4v) is 3.21. The number of rotatable bonds is 5. The van der Waals surface area contributed by atoms with Gasteiger partial charge in [0.05, 0.1) is 0 Å². The van der Waals surface area contributed by atoms with Gasteiger partial charge in [-0.25, -0.2) is 9.97 Å². The van der Waals surface area contributed by atoms with E-state index in [1.165, 1.54) is 11.3 Å². The van der Waals surface area contributed by atoms with Crippen LogP contribution in [-0.4, -0.2) is 53.5 Å². The standard InChI is InChI=1S/C21H29N5O/c1-15(2)14-22-21-23-17(4)13-19(24-21)20(27)26-10-8-25(9-11-26)18-7-5-6-16(3)12-18/h5-7,12-13,15H,8-11,14H2,1-4H3,(H,22,23,24). The van der Waals surface area contributed by atoms with E-state index in [1.807, 2.05) is 11.8 Å². The third-order valence-electron chi connectivity index (χ3n) is 4.68. The van der Waals surface area contributed by atoms with E-state index in [2.05, 4.69) is 65.2 Å². The van der Waals surface area contributed by atoms with Crippen LogP contribution in [0.5, 0.6) is 0 Å². The lowest BCUT2D eigenvalue weighted by atomic mass is 10.2. The normalized spacial score (nSPS) is 14.6. The topological polar surface area (TPSA) is 61.4 Å². The molecule has 0 bridgehead atoms. The molecular weight excluding hydrogens is 338 g/mol. The summed E-state index contributed by atoms with van der Waals surface area (Å²) in [5.41, 5.74) is 3.75. The van der Waals surface area contributed by atoms with Crippen LogP contribution in [0.15, 0.2) is 30.3 Å². The van der Waals surface area contributed by atoms with Crippen LogP contribution in [0, 0.1) is 19.8 Å². The Morgan fingerprint density at radius 1 is 1.11 bits per heavy atom. The molecule has 0 spiro atoms. The Labute approximate surface area is 161 Å². The predicted octanol–water partition coefficient (Wildman–Crippen LogP) is 3.12. The Bertz CT molecular complexity index is 797. The maximum Gasteiger partial charge on any atom is 0.272 e. The van der Waals surface area contributed by atoms with E-state index in [0.29, 0.717) is 30.6 Å². The van der Waals surface area contributed by atoms with Crippen molar-refractivity contribution in [1.29, 1.82) is 0 Å². The van der Waals surface area contributed by atoms with Gasteiger partial charge in [-0.1, -0.05) is 26.0 Å². The molecule has 27 heavy (non-hydrogen) atoms. The second-order valence-electron chi connectivity index (χ2n) is 7.61. The number of amides is 1. The minimum absolute atomic E-state index is 0.0167. The molecular formula is C21H29N5O. The van der Waals surface area contributed by atoms with Crippen molar-refractivity contribution in [2.45, 2.75) is 27.7 Å². The Morgan fingerprint density at radius 2 is 1.85 bits per heavy atom. The van der Waals surface area contributed by atoms with Crippen LogP contribution >= 0.6 is 0 Å². The van der Waals surface area contributed by atoms with Gasteiger partial charge < -0.3 is 15.1 Å². The summed E-state index contributed by atoms with van der Waals surface area (Å²) in [6.45, 7) is 12.1. The van der Waals surface area contributed by atoms with Crippen molar-refractivity contribution in [2.75, 3.05) is 42.9 Å². The third kappa shape index (κ3) is 4.96. The lowest BCUT2D eigenvalue weighted by Crippen LogP contribution is -2.49. The number of carbonyl (C=O) groups excluding carboxylic acids is 1. The molecule has 2 aromatic rings. The molecule has 3 rings (SSSR count). The summed E-state index contributed by atoms with van der Waals surface area (Å²) in [6, 6.07) is 10.3. The lowest BCUT2D eigenvalue weighted by molar-refractivity contribution is 0.0740. The summed E-state index contributed by atoms with van der Waals surface area (Å²) in [6.07, 6.45) is 0. The second kappa shape index (κ2) is 8.37. The number of aryl methyl sites for hydroxylation is 2. The molecule has 1 aromatic carbocycles. The van der Waals surface area contributed by atoms with Crippen LogP contribution in [0.1, 0.15) is 35.6 Å². The number of hydrogen-bond donors (Lipinski definition) is 1. The molecule has 144 valence electrons. The second-order valence-corrected chi connectivity index (χ2v) is 7.61. The van der Waals surface area contributed by atoms with Crippen molar-refractivity contribution < 1.29 is 4.79 Å². The highest BCUT2D eigenvalue weighted by Crippen LogP contribution is 2.19. The Morgan fingerprint density at radius 3 is 2.52 bits per heavy atom. The molecule has 1 amide bonds. The number of carbonyl (C=O) groups is 1. The molecule has 1 fully saturated rings. The van der Waals surface area contributed by atoms with Crippen molar-refractivity contribution in [3.05, 3.63) is 47.3 Å². The number of piperazine rings is 1. The summed E-state index contributed by atoms with van der Waals surface area (Å²) in [7, 11) is 0. The van der Waals surface area contributed by atoms with E-state index in [9.17, 15) is 4.79 Å². The summed E-state index contributed by atoms with van der Waals surface area (Å²) in [5, 5.41) is 3.22. The number of nitrogens with zero attached hydrogens (tertiary/aromatic N) is 4. The average molecular weight is 367 g/mol. The maximum absolute atomic E-state index is 12.9. The summed E-state index contributed by atoms with van der Waals surface area (Å²) >= 11 is 0. The molecule has 1 aromatic heterocycles. The van der Waals surface area contributed by atoms with E-state index in [4.69, 9.17) is 0 Å². The number of anilines is 2. The summed E-state index contributed by atoms with van der Waals surface area (Å²) in [4.78, 5) is 26.0. The minimum atomic E-state index is -0.0167. The number of hydrogen-bond acceptors (Lipinski definition) is 5. The van der Waals surface area contributed by atoms with Gasteiger partial charge in [0, 0.05) is 44.1 Å². The molecule has 0 atom stereocenters. The SMILES string of the molecule is Cc1cccc(N2CCN(C(=O)c3cc(C)nc(NCC(C)C)n3)CC2)c1. The lowest BCUT2D eigenvalue weighted by Gasteiger charge is -2.36. The smallest absolute Gasteiger partial charge is 0.272 e. The number of aromatic nitrogens is 2. The number of nitrogens with one attached hydrogen (secondary N) is 1. The number of benzene rings is 1. The molecule has 6 nitrogen and oxygen atoms in total. The zero-order chi connectivity index (χ0) is 19.4. The van der Waals surface area contributed by atoms with Gasteiger partial charge in [0.25, 0.3) is 5.91 Å². The first kappa shape index (κ1) is 19.1. The van der Waals surface area contributed by atoms with Gasteiger partial charge in [0.2, 0.25) is 5.95 Å². The Kier molecular flexibility index (Phi) is 5.94. The predicted molar refractivity (Wildman–Crippen MR) is 109 cm³/mol. The molecule has 1 aliphatic heterocycles. The quantitative estimate of drug-likeness (QED) is 0.880. The van der Waals surface area contributed by atoms with Gasteiger partial charge in [-0.2, -0.15) is 0 Å². The maximum atomic E-state index is 12.9. The Balaban J connectivity index is 1.65. The molecule has 0 saturated carbocycles. The Hall–Kier alpha value is -2.63. The fraction of sp³-hybridized carbons (Fsp3) is 0.476. The van der Waals surface area contributed by atoms with Gasteiger partial charge in [-0.3, -0.25) is 4.79 Å². The zero-order valence-corrected chi connectivity index (χ0v) is 16.7. The van der Waals surface area contributed by atoms with Gasteiger partial charge >= 0.3 is 0 Å². The highest BCUT2D eigenvalue weighted by atomic mass is 16.2. The van der Waals surface area contributed by atoms with Crippen LogP contribution in [0.2, 0.25) is 0 Å². The molecule has 0 unspecified atom stereocenters. The molecule has 1 aliphatic rings. The van der Waals surface area contributed by atoms with Crippen LogP contribution in [0.4, 0.5) is 11.6 Å². The molecule has 1 saturated heterocycles. The first-order valence-corrected chi connectivity index (χ1v) is 9.63.